The van der Waals surface area contributed by atoms with Gasteiger partial charge in [-0.15, -0.1) is 11.3 Å². The molecule has 0 radical (unpaired) electrons. The molecule has 0 bridgehead atoms. The van der Waals surface area contributed by atoms with Gasteiger partial charge in [0.25, 0.3) is 0 Å². The quantitative estimate of drug-likeness (QED) is 0.473. The zero-order valence-electron chi connectivity index (χ0n) is 8.75. The minimum Gasteiger partial charge on any atom is -0.453 e. The number of rotatable bonds is 4. The van der Waals surface area contributed by atoms with Crippen molar-refractivity contribution < 1.29 is 9.53 Å². The van der Waals surface area contributed by atoms with Crippen molar-refractivity contribution in [3.05, 3.63) is 32.0 Å². The fourth-order valence-corrected chi connectivity index (χ4v) is 2.86. The summed E-state index contributed by atoms with van der Waals surface area (Å²) in [5.41, 5.74) is 0.444. The van der Waals surface area contributed by atoms with E-state index in [1.54, 1.807) is 18.3 Å². The van der Waals surface area contributed by atoms with Crippen molar-refractivity contribution in [3.63, 3.8) is 0 Å². The molecule has 0 aromatic carbocycles. The lowest BCUT2D eigenvalue weighted by Crippen LogP contribution is -2.10. The van der Waals surface area contributed by atoms with E-state index in [2.05, 4.69) is 29.2 Å². The Bertz CT molecular complexity index is 370. The van der Waals surface area contributed by atoms with Gasteiger partial charge in [0, 0.05) is 10.5 Å². The van der Waals surface area contributed by atoms with E-state index in [1.165, 1.54) is 2.88 Å². The van der Waals surface area contributed by atoms with Gasteiger partial charge in [-0.2, -0.15) is 0 Å². The highest BCUT2D eigenvalue weighted by Crippen LogP contribution is 2.29. The molecule has 0 N–H and O–H groups in total. The smallest absolute Gasteiger partial charge is 0.333 e. The van der Waals surface area contributed by atoms with Crippen molar-refractivity contribution >= 4 is 39.9 Å². The van der Waals surface area contributed by atoms with Gasteiger partial charge in [-0.05, 0) is 48.1 Å². The molecule has 2 nitrogen and oxygen atoms in total. The Morgan fingerprint density at radius 1 is 1.67 bits per heavy atom. The van der Waals surface area contributed by atoms with Crippen molar-refractivity contribution in [1.29, 1.82) is 0 Å². The van der Waals surface area contributed by atoms with Gasteiger partial charge in [-0.25, -0.2) is 4.79 Å². The second-order valence-electron chi connectivity index (χ2n) is 3.22. The molecule has 1 unspecified atom stereocenters. The molecule has 0 saturated heterocycles. The first-order chi connectivity index (χ1) is 7.04. The fraction of sp³-hybridized carbons (Fsp3) is 0.364. The van der Waals surface area contributed by atoms with Crippen LogP contribution in [-0.4, -0.2) is 5.97 Å². The molecule has 4 heteroatoms. The second kappa shape index (κ2) is 5.65. The minimum absolute atomic E-state index is 0.136. The lowest BCUT2D eigenvalue weighted by molar-refractivity contribution is -0.144. The zero-order chi connectivity index (χ0) is 11.4. The SMILES string of the molecule is C=C(C)C(=O)OC(CC)c1ccc(I)s1. The summed E-state index contributed by atoms with van der Waals surface area (Å²) in [5.74, 6) is -0.315. The fourth-order valence-electron chi connectivity index (χ4n) is 1.07. The molecular formula is C11H13IO2S. The van der Waals surface area contributed by atoms with E-state index >= 15 is 0 Å². The van der Waals surface area contributed by atoms with Crippen molar-refractivity contribution in [2.24, 2.45) is 0 Å². The number of ether oxygens (including phenoxy) is 1. The number of hydrogen-bond donors (Lipinski definition) is 0. The molecule has 1 atom stereocenters. The molecule has 0 amide bonds. The topological polar surface area (TPSA) is 26.3 Å². The summed E-state index contributed by atoms with van der Waals surface area (Å²) >= 11 is 3.91. The Morgan fingerprint density at radius 3 is 2.73 bits per heavy atom. The average Bonchev–Trinajstić information content (AvgIpc) is 2.60. The van der Waals surface area contributed by atoms with Gasteiger partial charge in [0.2, 0.25) is 0 Å². The number of hydrogen-bond acceptors (Lipinski definition) is 3. The Morgan fingerprint density at radius 2 is 2.33 bits per heavy atom. The van der Waals surface area contributed by atoms with E-state index in [0.717, 1.165) is 11.3 Å². The molecule has 1 aromatic rings. The molecule has 82 valence electrons. The van der Waals surface area contributed by atoms with Gasteiger partial charge < -0.3 is 4.74 Å². The van der Waals surface area contributed by atoms with Crippen LogP contribution in [0.15, 0.2) is 24.3 Å². The first-order valence-electron chi connectivity index (χ1n) is 4.66. The molecule has 0 fully saturated rings. The molecule has 1 aromatic heterocycles. The highest BCUT2D eigenvalue weighted by molar-refractivity contribution is 14.1. The molecule has 0 spiro atoms. The van der Waals surface area contributed by atoms with Crippen LogP contribution in [0.4, 0.5) is 0 Å². The van der Waals surface area contributed by atoms with Gasteiger partial charge in [-0.3, -0.25) is 0 Å². The Kier molecular flexibility index (Phi) is 4.79. The van der Waals surface area contributed by atoms with Crippen LogP contribution in [0.1, 0.15) is 31.2 Å². The van der Waals surface area contributed by atoms with Crippen LogP contribution >= 0.6 is 33.9 Å². The normalized spacial score (nSPS) is 12.2. The van der Waals surface area contributed by atoms with E-state index in [0.29, 0.717) is 5.57 Å². The Hall–Kier alpha value is -0.360. The number of esters is 1. The molecular weight excluding hydrogens is 323 g/mol. The third-order valence-corrected chi connectivity index (χ3v) is 3.87. The monoisotopic (exact) mass is 336 g/mol. The van der Waals surface area contributed by atoms with Crippen LogP contribution in [0.5, 0.6) is 0 Å². The molecule has 15 heavy (non-hydrogen) atoms. The van der Waals surface area contributed by atoms with E-state index in [9.17, 15) is 4.79 Å². The highest BCUT2D eigenvalue weighted by Gasteiger charge is 2.16. The first-order valence-corrected chi connectivity index (χ1v) is 6.55. The van der Waals surface area contributed by atoms with Gasteiger partial charge in [0.15, 0.2) is 0 Å². The Labute approximate surface area is 107 Å². The maximum atomic E-state index is 11.4. The standard InChI is InChI=1S/C11H13IO2S/c1-4-8(14-11(13)7(2)3)9-5-6-10(12)15-9/h5-6,8H,2,4H2,1,3H3. The van der Waals surface area contributed by atoms with E-state index in [-0.39, 0.29) is 12.1 Å². The summed E-state index contributed by atoms with van der Waals surface area (Å²) in [6.45, 7) is 7.23. The lowest BCUT2D eigenvalue weighted by Gasteiger charge is -2.14. The van der Waals surface area contributed by atoms with Crippen molar-refractivity contribution in [2.45, 2.75) is 26.4 Å². The summed E-state index contributed by atoms with van der Waals surface area (Å²) in [7, 11) is 0. The number of halogens is 1. The van der Waals surface area contributed by atoms with Crippen LogP contribution in [0.25, 0.3) is 0 Å². The number of thiophene rings is 1. The zero-order valence-corrected chi connectivity index (χ0v) is 11.7. The summed E-state index contributed by atoms with van der Waals surface area (Å²) in [6, 6.07) is 4.03. The molecule has 0 aliphatic rings. The summed E-state index contributed by atoms with van der Waals surface area (Å²) < 4.78 is 6.53. The maximum Gasteiger partial charge on any atom is 0.333 e. The van der Waals surface area contributed by atoms with E-state index in [4.69, 9.17) is 4.74 Å². The van der Waals surface area contributed by atoms with E-state index < -0.39 is 0 Å². The predicted octanol–water partition coefficient (Wildman–Crippen LogP) is 3.92. The third kappa shape index (κ3) is 3.61. The van der Waals surface area contributed by atoms with Gasteiger partial charge in [0.1, 0.15) is 6.10 Å². The minimum atomic E-state index is -0.315. The Balaban J connectivity index is 2.72. The van der Waals surface area contributed by atoms with Crippen LogP contribution in [0, 0.1) is 2.88 Å². The van der Waals surface area contributed by atoms with Crippen LogP contribution < -0.4 is 0 Å². The average molecular weight is 336 g/mol. The van der Waals surface area contributed by atoms with Crippen LogP contribution in [0.3, 0.4) is 0 Å². The highest BCUT2D eigenvalue weighted by atomic mass is 127. The summed E-state index contributed by atoms with van der Waals surface area (Å²) in [5, 5.41) is 0. The summed E-state index contributed by atoms with van der Waals surface area (Å²) in [4.78, 5) is 12.5. The van der Waals surface area contributed by atoms with Crippen molar-refractivity contribution in [2.75, 3.05) is 0 Å². The van der Waals surface area contributed by atoms with Crippen LogP contribution in [0.2, 0.25) is 0 Å². The third-order valence-electron chi connectivity index (χ3n) is 1.88. The second-order valence-corrected chi connectivity index (χ2v) is 6.23. The van der Waals surface area contributed by atoms with E-state index in [1.807, 2.05) is 19.1 Å². The van der Waals surface area contributed by atoms with Gasteiger partial charge in [-0.1, -0.05) is 13.5 Å². The van der Waals surface area contributed by atoms with Crippen molar-refractivity contribution in [3.8, 4) is 0 Å². The largest absolute Gasteiger partial charge is 0.453 e. The molecule has 1 rings (SSSR count). The van der Waals surface area contributed by atoms with Crippen LogP contribution in [-0.2, 0) is 9.53 Å². The van der Waals surface area contributed by atoms with Gasteiger partial charge >= 0.3 is 5.97 Å². The van der Waals surface area contributed by atoms with Crippen molar-refractivity contribution in [1.82, 2.24) is 0 Å². The summed E-state index contributed by atoms with van der Waals surface area (Å²) in [6.07, 6.45) is 0.651. The first kappa shape index (κ1) is 12.7. The van der Waals surface area contributed by atoms with Gasteiger partial charge in [0.05, 0.1) is 2.88 Å². The molecule has 0 aliphatic carbocycles. The predicted molar refractivity (Wildman–Crippen MR) is 71.0 cm³/mol. The molecule has 0 aliphatic heterocycles. The number of carbonyl (C=O) groups is 1. The molecule has 0 saturated carbocycles. The maximum absolute atomic E-state index is 11.4. The molecule has 1 heterocycles. The lowest BCUT2D eigenvalue weighted by atomic mass is 10.2. The number of carbonyl (C=O) groups excluding carboxylic acids is 1.